The van der Waals surface area contributed by atoms with Crippen molar-refractivity contribution in [3.05, 3.63) is 22.4 Å². The Bertz CT molecular complexity index is 598. The molecule has 4 nitrogen and oxygen atoms in total. The molecule has 1 fully saturated rings. The van der Waals surface area contributed by atoms with Crippen LogP contribution in [0.5, 0.6) is 0 Å². The summed E-state index contributed by atoms with van der Waals surface area (Å²) in [5, 5.41) is 2.56. The quantitative estimate of drug-likeness (QED) is 0.942. The van der Waals surface area contributed by atoms with E-state index in [1.54, 1.807) is 11.3 Å². The van der Waals surface area contributed by atoms with Gasteiger partial charge in [-0.05, 0) is 24.3 Å². The molecule has 2 aromatic heterocycles. The first-order valence-corrected chi connectivity index (χ1v) is 9.00. The van der Waals surface area contributed by atoms with E-state index in [4.69, 9.17) is 5.73 Å². The SMILES string of the molecule is Nc1nc(-c2cccs2)c(CC(=O)N2CCCCCC2)s1. The van der Waals surface area contributed by atoms with E-state index in [0.29, 0.717) is 11.6 Å². The summed E-state index contributed by atoms with van der Waals surface area (Å²) in [6.07, 6.45) is 5.13. The maximum absolute atomic E-state index is 12.5. The van der Waals surface area contributed by atoms with E-state index in [9.17, 15) is 4.79 Å². The number of rotatable bonds is 3. The van der Waals surface area contributed by atoms with Crippen molar-refractivity contribution in [1.29, 1.82) is 0 Å². The van der Waals surface area contributed by atoms with Gasteiger partial charge in [-0.25, -0.2) is 4.98 Å². The third kappa shape index (κ3) is 3.44. The first-order valence-electron chi connectivity index (χ1n) is 7.31. The molecule has 2 N–H and O–H groups in total. The van der Waals surface area contributed by atoms with E-state index in [0.717, 1.165) is 41.4 Å². The van der Waals surface area contributed by atoms with Crippen molar-refractivity contribution < 1.29 is 4.79 Å². The van der Waals surface area contributed by atoms with E-state index >= 15 is 0 Å². The third-order valence-electron chi connectivity index (χ3n) is 3.74. The van der Waals surface area contributed by atoms with Crippen molar-refractivity contribution in [1.82, 2.24) is 9.88 Å². The molecule has 21 heavy (non-hydrogen) atoms. The number of thiophene rings is 1. The lowest BCUT2D eigenvalue weighted by atomic mass is 10.2. The zero-order valence-electron chi connectivity index (χ0n) is 11.9. The number of amides is 1. The lowest BCUT2D eigenvalue weighted by molar-refractivity contribution is -0.130. The molecule has 6 heteroatoms. The number of carbonyl (C=O) groups excluding carboxylic acids is 1. The fourth-order valence-corrected chi connectivity index (χ4v) is 4.31. The highest BCUT2D eigenvalue weighted by Crippen LogP contribution is 2.33. The van der Waals surface area contributed by atoms with Crippen LogP contribution in [0.3, 0.4) is 0 Å². The summed E-state index contributed by atoms with van der Waals surface area (Å²) in [7, 11) is 0. The van der Waals surface area contributed by atoms with Gasteiger partial charge in [0.25, 0.3) is 0 Å². The molecule has 0 aliphatic carbocycles. The molecule has 1 saturated heterocycles. The van der Waals surface area contributed by atoms with Crippen LogP contribution < -0.4 is 5.73 Å². The van der Waals surface area contributed by atoms with Crippen LogP contribution in [0.4, 0.5) is 5.13 Å². The zero-order valence-corrected chi connectivity index (χ0v) is 13.5. The van der Waals surface area contributed by atoms with E-state index in [2.05, 4.69) is 4.98 Å². The molecule has 3 rings (SSSR count). The first-order chi connectivity index (χ1) is 10.2. The number of nitrogen functional groups attached to an aromatic ring is 1. The minimum absolute atomic E-state index is 0.207. The minimum Gasteiger partial charge on any atom is -0.375 e. The summed E-state index contributed by atoms with van der Waals surface area (Å²) in [5.41, 5.74) is 6.74. The van der Waals surface area contributed by atoms with Gasteiger partial charge in [0.1, 0.15) is 0 Å². The molecular formula is C15H19N3OS2. The summed E-state index contributed by atoms with van der Waals surface area (Å²) in [4.78, 5) is 21.0. The average molecular weight is 321 g/mol. The summed E-state index contributed by atoms with van der Waals surface area (Å²) in [6.45, 7) is 1.78. The fourth-order valence-electron chi connectivity index (χ4n) is 2.66. The molecule has 0 unspecified atom stereocenters. The van der Waals surface area contributed by atoms with Gasteiger partial charge in [0, 0.05) is 18.0 Å². The number of nitrogens with zero attached hydrogens (tertiary/aromatic N) is 2. The number of hydrogen-bond acceptors (Lipinski definition) is 5. The molecule has 1 aliphatic rings. The number of carbonyl (C=O) groups is 1. The highest BCUT2D eigenvalue weighted by molar-refractivity contribution is 7.17. The summed E-state index contributed by atoms with van der Waals surface area (Å²) >= 11 is 3.07. The van der Waals surface area contributed by atoms with Crippen molar-refractivity contribution in [3.63, 3.8) is 0 Å². The molecule has 3 heterocycles. The molecule has 1 amide bonds. The van der Waals surface area contributed by atoms with Gasteiger partial charge in [-0.3, -0.25) is 4.79 Å². The van der Waals surface area contributed by atoms with Crippen LogP contribution in [0.2, 0.25) is 0 Å². The molecule has 0 bridgehead atoms. The smallest absolute Gasteiger partial charge is 0.227 e. The number of likely N-dealkylation sites (tertiary alicyclic amines) is 1. The van der Waals surface area contributed by atoms with E-state index in [1.807, 2.05) is 22.4 Å². The molecule has 2 aromatic rings. The largest absolute Gasteiger partial charge is 0.375 e. The van der Waals surface area contributed by atoms with Crippen LogP contribution in [0, 0.1) is 0 Å². The van der Waals surface area contributed by atoms with Crippen LogP contribution in [-0.2, 0) is 11.2 Å². The molecule has 0 radical (unpaired) electrons. The summed E-state index contributed by atoms with van der Waals surface area (Å²) in [5.74, 6) is 0.207. The lowest BCUT2D eigenvalue weighted by Crippen LogP contribution is -2.32. The van der Waals surface area contributed by atoms with Gasteiger partial charge >= 0.3 is 0 Å². The minimum atomic E-state index is 0.207. The van der Waals surface area contributed by atoms with Crippen LogP contribution in [0.1, 0.15) is 30.6 Å². The summed E-state index contributed by atoms with van der Waals surface area (Å²) in [6, 6.07) is 4.02. The van der Waals surface area contributed by atoms with Gasteiger partial charge in [-0.2, -0.15) is 0 Å². The van der Waals surface area contributed by atoms with Crippen molar-refractivity contribution in [2.75, 3.05) is 18.8 Å². The Labute approximate surface area is 132 Å². The molecule has 112 valence electrons. The maximum Gasteiger partial charge on any atom is 0.227 e. The van der Waals surface area contributed by atoms with Gasteiger partial charge in [0.05, 0.1) is 17.0 Å². The van der Waals surface area contributed by atoms with Gasteiger partial charge < -0.3 is 10.6 Å². The van der Waals surface area contributed by atoms with Gasteiger partial charge in [-0.15, -0.1) is 22.7 Å². The second-order valence-electron chi connectivity index (χ2n) is 5.27. The Morgan fingerprint density at radius 3 is 2.71 bits per heavy atom. The Balaban J connectivity index is 1.76. The standard InChI is InChI=1S/C15H19N3OS2/c16-15-17-14(11-6-5-9-20-11)12(21-15)10-13(19)18-7-3-1-2-4-8-18/h5-6,9H,1-4,7-8,10H2,(H2,16,17). The van der Waals surface area contributed by atoms with Crippen molar-refractivity contribution >= 4 is 33.7 Å². The van der Waals surface area contributed by atoms with Crippen molar-refractivity contribution in [2.24, 2.45) is 0 Å². The maximum atomic E-state index is 12.5. The van der Waals surface area contributed by atoms with Gasteiger partial charge in [0.2, 0.25) is 5.91 Å². The monoisotopic (exact) mass is 321 g/mol. The van der Waals surface area contributed by atoms with E-state index < -0.39 is 0 Å². The fraction of sp³-hybridized carbons (Fsp3) is 0.467. The van der Waals surface area contributed by atoms with Crippen molar-refractivity contribution in [3.8, 4) is 10.6 Å². The Kier molecular flexibility index (Phi) is 4.55. The predicted molar refractivity (Wildman–Crippen MR) is 88.6 cm³/mol. The highest BCUT2D eigenvalue weighted by Gasteiger charge is 2.20. The topological polar surface area (TPSA) is 59.2 Å². The van der Waals surface area contributed by atoms with Gasteiger partial charge in [0.15, 0.2) is 5.13 Å². The van der Waals surface area contributed by atoms with Crippen molar-refractivity contribution in [2.45, 2.75) is 32.1 Å². The lowest BCUT2D eigenvalue weighted by Gasteiger charge is -2.20. The number of thiazole rings is 1. The van der Waals surface area contributed by atoms with E-state index in [-0.39, 0.29) is 5.91 Å². The second kappa shape index (κ2) is 6.58. The molecule has 0 atom stereocenters. The second-order valence-corrected chi connectivity index (χ2v) is 7.34. The number of hydrogen-bond donors (Lipinski definition) is 1. The third-order valence-corrected chi connectivity index (χ3v) is 5.50. The average Bonchev–Trinajstić information content (AvgIpc) is 3.01. The molecule has 1 aliphatic heterocycles. The van der Waals surface area contributed by atoms with Crippen LogP contribution in [-0.4, -0.2) is 28.9 Å². The van der Waals surface area contributed by atoms with E-state index in [1.165, 1.54) is 24.2 Å². The Morgan fingerprint density at radius 2 is 2.05 bits per heavy atom. The predicted octanol–water partition coefficient (Wildman–Crippen LogP) is 3.40. The highest BCUT2D eigenvalue weighted by atomic mass is 32.1. The Hall–Kier alpha value is -1.40. The van der Waals surface area contributed by atoms with Gasteiger partial charge in [-0.1, -0.05) is 18.9 Å². The number of nitrogens with two attached hydrogens (primary N) is 1. The molecule has 0 saturated carbocycles. The Morgan fingerprint density at radius 1 is 1.29 bits per heavy atom. The first kappa shape index (κ1) is 14.5. The summed E-state index contributed by atoms with van der Waals surface area (Å²) < 4.78 is 0. The molecular weight excluding hydrogens is 302 g/mol. The molecule has 0 aromatic carbocycles. The number of aromatic nitrogens is 1. The zero-order chi connectivity index (χ0) is 14.7. The van der Waals surface area contributed by atoms with Crippen LogP contribution in [0.15, 0.2) is 17.5 Å². The molecule has 0 spiro atoms. The van der Waals surface area contributed by atoms with Crippen LogP contribution >= 0.6 is 22.7 Å². The normalized spacial score (nSPS) is 15.9. The number of anilines is 1. The van der Waals surface area contributed by atoms with Crippen LogP contribution in [0.25, 0.3) is 10.6 Å².